The van der Waals surface area contributed by atoms with Gasteiger partial charge in [-0.2, -0.15) is 0 Å². The highest BCUT2D eigenvalue weighted by atomic mass is 79.9. The van der Waals surface area contributed by atoms with Gasteiger partial charge in [-0.3, -0.25) is 4.79 Å². The quantitative estimate of drug-likeness (QED) is 0.655. The van der Waals surface area contributed by atoms with E-state index in [9.17, 15) is 4.79 Å². The van der Waals surface area contributed by atoms with Gasteiger partial charge in [-0.15, -0.1) is 0 Å². The molecule has 2 aromatic carbocycles. The average Bonchev–Trinajstić information content (AvgIpc) is 2.51. The lowest BCUT2D eigenvalue weighted by Gasteiger charge is -2.07. The number of carbonyl (C=O) groups excluding carboxylic acids is 1. The standard InChI is InChI=1S/C18H19BrO2/c1-2-3-5-14-8-10-17(11-9-14)21-13-18(20)15-6-4-7-16(19)12-15/h4,6-12H,2-3,5,13H2,1H3. The lowest BCUT2D eigenvalue weighted by atomic mass is 10.1. The Labute approximate surface area is 134 Å². The number of unbranched alkanes of at least 4 members (excludes halogenated alkanes) is 1. The van der Waals surface area contributed by atoms with Crippen LogP contribution in [0, 0.1) is 0 Å². The molecule has 3 heteroatoms. The van der Waals surface area contributed by atoms with Crippen molar-refractivity contribution >= 4 is 21.7 Å². The number of aryl methyl sites for hydroxylation is 1. The van der Waals surface area contributed by atoms with Crippen LogP contribution in [0.1, 0.15) is 35.7 Å². The highest BCUT2D eigenvalue weighted by Crippen LogP contribution is 2.16. The number of benzene rings is 2. The highest BCUT2D eigenvalue weighted by molar-refractivity contribution is 9.10. The molecule has 0 bridgehead atoms. The number of hydrogen-bond donors (Lipinski definition) is 0. The minimum atomic E-state index is -0.0219. The summed E-state index contributed by atoms with van der Waals surface area (Å²) < 4.78 is 6.45. The van der Waals surface area contributed by atoms with Gasteiger partial charge in [0.05, 0.1) is 0 Å². The summed E-state index contributed by atoms with van der Waals surface area (Å²) in [5, 5.41) is 0. The molecule has 0 spiro atoms. The van der Waals surface area contributed by atoms with Crippen LogP contribution >= 0.6 is 15.9 Å². The molecule has 0 aliphatic carbocycles. The van der Waals surface area contributed by atoms with Gasteiger partial charge in [-0.25, -0.2) is 0 Å². The number of ketones is 1. The van der Waals surface area contributed by atoms with Crippen LogP contribution in [0.3, 0.4) is 0 Å². The molecule has 0 N–H and O–H groups in total. The number of rotatable bonds is 7. The Hall–Kier alpha value is -1.61. The number of hydrogen-bond acceptors (Lipinski definition) is 2. The predicted molar refractivity (Wildman–Crippen MR) is 89.0 cm³/mol. The summed E-state index contributed by atoms with van der Waals surface area (Å²) in [5.41, 5.74) is 1.96. The third kappa shape index (κ3) is 5.01. The van der Waals surface area contributed by atoms with E-state index in [1.54, 1.807) is 12.1 Å². The zero-order valence-corrected chi connectivity index (χ0v) is 13.7. The monoisotopic (exact) mass is 346 g/mol. The first-order valence-electron chi connectivity index (χ1n) is 7.19. The smallest absolute Gasteiger partial charge is 0.200 e. The molecule has 0 aliphatic rings. The van der Waals surface area contributed by atoms with Crippen LogP contribution in [-0.2, 0) is 6.42 Å². The van der Waals surface area contributed by atoms with Crippen LogP contribution in [0.25, 0.3) is 0 Å². The molecule has 2 rings (SSSR count). The van der Waals surface area contributed by atoms with E-state index in [-0.39, 0.29) is 12.4 Å². The van der Waals surface area contributed by atoms with Crippen molar-refractivity contribution in [2.45, 2.75) is 26.2 Å². The Bertz CT molecular complexity index is 590. The van der Waals surface area contributed by atoms with Crippen LogP contribution in [0.5, 0.6) is 5.75 Å². The normalized spacial score (nSPS) is 10.4. The van der Waals surface area contributed by atoms with Gasteiger partial charge in [0.2, 0.25) is 0 Å². The van der Waals surface area contributed by atoms with Gasteiger partial charge in [-0.1, -0.05) is 53.5 Å². The van der Waals surface area contributed by atoms with E-state index >= 15 is 0 Å². The Kier molecular flexibility index (Phi) is 6.00. The van der Waals surface area contributed by atoms with Gasteiger partial charge in [0.25, 0.3) is 0 Å². The Morgan fingerprint density at radius 3 is 2.57 bits per heavy atom. The molecular weight excluding hydrogens is 328 g/mol. The van der Waals surface area contributed by atoms with Crippen LogP contribution in [-0.4, -0.2) is 12.4 Å². The van der Waals surface area contributed by atoms with E-state index in [0.29, 0.717) is 5.56 Å². The highest BCUT2D eigenvalue weighted by Gasteiger charge is 2.07. The molecule has 0 aromatic heterocycles. The molecule has 0 amide bonds. The predicted octanol–water partition coefficient (Wildman–Crippen LogP) is 5.05. The van der Waals surface area contributed by atoms with Crippen molar-refractivity contribution in [3.63, 3.8) is 0 Å². The van der Waals surface area contributed by atoms with E-state index in [1.165, 1.54) is 18.4 Å². The molecule has 0 saturated carbocycles. The number of Topliss-reactive ketones (excluding diaryl/α,β-unsaturated/α-hetero) is 1. The van der Waals surface area contributed by atoms with Crippen LogP contribution < -0.4 is 4.74 Å². The first-order valence-corrected chi connectivity index (χ1v) is 7.99. The maximum atomic E-state index is 12.0. The molecule has 0 radical (unpaired) electrons. The minimum Gasteiger partial charge on any atom is -0.485 e. The zero-order chi connectivity index (χ0) is 15.1. The molecule has 0 fully saturated rings. The summed E-state index contributed by atoms with van der Waals surface area (Å²) in [7, 11) is 0. The van der Waals surface area contributed by atoms with Crippen molar-refractivity contribution in [2.75, 3.05) is 6.61 Å². The van der Waals surface area contributed by atoms with Crippen molar-refractivity contribution in [2.24, 2.45) is 0 Å². The third-order valence-corrected chi connectivity index (χ3v) is 3.75. The molecule has 0 atom stereocenters. The molecule has 0 heterocycles. The minimum absolute atomic E-state index is 0.0219. The molecule has 2 aromatic rings. The van der Waals surface area contributed by atoms with Crippen molar-refractivity contribution in [1.82, 2.24) is 0 Å². The van der Waals surface area contributed by atoms with Crippen LogP contribution in [0.4, 0.5) is 0 Å². The van der Waals surface area contributed by atoms with Gasteiger partial charge in [0, 0.05) is 10.0 Å². The van der Waals surface area contributed by atoms with Crippen LogP contribution in [0.15, 0.2) is 53.0 Å². The molecule has 2 nitrogen and oxygen atoms in total. The van der Waals surface area contributed by atoms with E-state index in [4.69, 9.17) is 4.74 Å². The van der Waals surface area contributed by atoms with Gasteiger partial charge in [-0.05, 0) is 42.7 Å². The first-order chi connectivity index (χ1) is 10.2. The maximum Gasteiger partial charge on any atom is 0.200 e. The second kappa shape index (κ2) is 7.99. The number of carbonyl (C=O) groups is 1. The molecule has 0 aliphatic heterocycles. The number of ether oxygens (including phenoxy) is 1. The lowest BCUT2D eigenvalue weighted by molar-refractivity contribution is 0.0921. The fourth-order valence-corrected chi connectivity index (χ4v) is 2.43. The largest absolute Gasteiger partial charge is 0.485 e. The summed E-state index contributed by atoms with van der Waals surface area (Å²) >= 11 is 3.36. The SMILES string of the molecule is CCCCc1ccc(OCC(=O)c2cccc(Br)c2)cc1. The second-order valence-corrected chi connectivity index (χ2v) is 5.89. The van der Waals surface area contributed by atoms with Crippen LogP contribution in [0.2, 0.25) is 0 Å². The summed E-state index contributed by atoms with van der Waals surface area (Å²) in [4.78, 5) is 12.0. The summed E-state index contributed by atoms with van der Waals surface area (Å²) in [6.45, 7) is 2.25. The Balaban J connectivity index is 1.89. The molecule has 0 unspecified atom stereocenters. The van der Waals surface area contributed by atoms with E-state index in [1.807, 2.05) is 24.3 Å². The second-order valence-electron chi connectivity index (χ2n) is 4.97. The summed E-state index contributed by atoms with van der Waals surface area (Å²) in [6.07, 6.45) is 3.48. The van der Waals surface area contributed by atoms with E-state index < -0.39 is 0 Å². The summed E-state index contributed by atoms with van der Waals surface area (Å²) in [5.74, 6) is 0.713. The zero-order valence-electron chi connectivity index (χ0n) is 12.1. The van der Waals surface area contributed by atoms with Crippen molar-refractivity contribution in [1.29, 1.82) is 0 Å². The molecule has 0 saturated heterocycles. The lowest BCUT2D eigenvalue weighted by Crippen LogP contribution is -2.11. The van der Waals surface area contributed by atoms with E-state index in [2.05, 4.69) is 35.0 Å². The summed E-state index contributed by atoms with van der Waals surface area (Å²) in [6, 6.07) is 15.3. The van der Waals surface area contributed by atoms with Gasteiger partial charge >= 0.3 is 0 Å². The van der Waals surface area contributed by atoms with E-state index in [0.717, 1.165) is 16.6 Å². The fourth-order valence-electron chi connectivity index (χ4n) is 2.03. The topological polar surface area (TPSA) is 26.3 Å². The third-order valence-electron chi connectivity index (χ3n) is 3.26. The molecule has 21 heavy (non-hydrogen) atoms. The fraction of sp³-hybridized carbons (Fsp3) is 0.278. The maximum absolute atomic E-state index is 12.0. The van der Waals surface area contributed by atoms with Gasteiger partial charge < -0.3 is 4.74 Å². The van der Waals surface area contributed by atoms with Crippen molar-refractivity contribution < 1.29 is 9.53 Å². The molecule has 110 valence electrons. The number of halogens is 1. The first kappa shape index (κ1) is 15.8. The van der Waals surface area contributed by atoms with Gasteiger partial charge in [0.1, 0.15) is 5.75 Å². The Morgan fingerprint density at radius 1 is 1.14 bits per heavy atom. The molecular formula is C18H19BrO2. The average molecular weight is 347 g/mol. The van der Waals surface area contributed by atoms with Crippen molar-refractivity contribution in [3.05, 3.63) is 64.1 Å². The van der Waals surface area contributed by atoms with Gasteiger partial charge in [0.15, 0.2) is 12.4 Å². The van der Waals surface area contributed by atoms with Crippen molar-refractivity contribution in [3.8, 4) is 5.75 Å². The Morgan fingerprint density at radius 2 is 1.90 bits per heavy atom.